The molecule has 0 saturated carbocycles. The third kappa shape index (κ3) is 2.86. The fraction of sp³-hybridized carbons (Fsp3) is 0.312. The normalized spacial score (nSPS) is 15.0. The summed E-state index contributed by atoms with van der Waals surface area (Å²) in [5.74, 6) is -0.0699. The van der Waals surface area contributed by atoms with Crippen molar-refractivity contribution in [3.8, 4) is 0 Å². The van der Waals surface area contributed by atoms with E-state index < -0.39 is 0 Å². The van der Waals surface area contributed by atoms with Gasteiger partial charge in [0.15, 0.2) is 0 Å². The topological polar surface area (TPSA) is 69.3 Å². The Hall–Kier alpha value is -2.63. The number of carbonyl (C=O) groups is 2. The van der Waals surface area contributed by atoms with Crippen molar-refractivity contribution < 1.29 is 9.59 Å². The molecule has 0 aliphatic carbocycles. The maximum atomic E-state index is 12.4. The fourth-order valence-electron chi connectivity index (χ4n) is 2.57. The number of aromatic amines is 1. The SMILES string of the molecule is Cc1cc(C(=O)N2CCN(C(=O)c3ccccc3)CC2)n[nH]1. The van der Waals surface area contributed by atoms with E-state index in [2.05, 4.69) is 10.2 Å². The molecule has 114 valence electrons. The van der Waals surface area contributed by atoms with Gasteiger partial charge in [0, 0.05) is 37.4 Å². The summed E-state index contributed by atoms with van der Waals surface area (Å²) in [6, 6.07) is 11.0. The number of aryl methyl sites for hydroxylation is 1. The summed E-state index contributed by atoms with van der Waals surface area (Å²) in [6.07, 6.45) is 0. The van der Waals surface area contributed by atoms with Gasteiger partial charge in [-0.1, -0.05) is 18.2 Å². The lowest BCUT2D eigenvalue weighted by Crippen LogP contribution is -2.50. The van der Waals surface area contributed by atoms with Gasteiger partial charge in [-0.05, 0) is 25.1 Å². The molecule has 6 heteroatoms. The van der Waals surface area contributed by atoms with Crippen molar-refractivity contribution in [2.24, 2.45) is 0 Å². The zero-order valence-electron chi connectivity index (χ0n) is 12.5. The molecular weight excluding hydrogens is 280 g/mol. The third-order valence-corrected chi connectivity index (χ3v) is 3.80. The van der Waals surface area contributed by atoms with Gasteiger partial charge in [-0.2, -0.15) is 5.10 Å². The fourth-order valence-corrected chi connectivity index (χ4v) is 2.57. The minimum absolute atomic E-state index is 0.0170. The Labute approximate surface area is 128 Å². The molecule has 1 aromatic carbocycles. The van der Waals surface area contributed by atoms with Crippen molar-refractivity contribution >= 4 is 11.8 Å². The number of benzene rings is 1. The highest BCUT2D eigenvalue weighted by Gasteiger charge is 2.26. The maximum Gasteiger partial charge on any atom is 0.274 e. The summed E-state index contributed by atoms with van der Waals surface area (Å²) in [6.45, 7) is 4.01. The average Bonchev–Trinajstić information content (AvgIpc) is 3.01. The highest BCUT2D eigenvalue weighted by atomic mass is 16.2. The predicted molar refractivity (Wildman–Crippen MR) is 81.6 cm³/mol. The number of nitrogens with zero attached hydrogens (tertiary/aromatic N) is 3. The van der Waals surface area contributed by atoms with Crippen molar-refractivity contribution in [2.45, 2.75) is 6.92 Å². The second-order valence-electron chi connectivity index (χ2n) is 5.39. The van der Waals surface area contributed by atoms with Crippen LogP contribution in [0.5, 0.6) is 0 Å². The van der Waals surface area contributed by atoms with Crippen LogP contribution in [0.25, 0.3) is 0 Å². The van der Waals surface area contributed by atoms with E-state index in [0.29, 0.717) is 37.4 Å². The van der Waals surface area contributed by atoms with Crippen molar-refractivity contribution in [1.29, 1.82) is 0 Å². The van der Waals surface area contributed by atoms with E-state index in [1.807, 2.05) is 37.3 Å². The first kappa shape index (κ1) is 14.3. The van der Waals surface area contributed by atoms with Crippen molar-refractivity contribution in [3.63, 3.8) is 0 Å². The third-order valence-electron chi connectivity index (χ3n) is 3.80. The molecule has 0 bridgehead atoms. The van der Waals surface area contributed by atoms with Crippen LogP contribution in [0.3, 0.4) is 0 Å². The highest BCUT2D eigenvalue weighted by Crippen LogP contribution is 2.11. The molecule has 1 aliphatic heterocycles. The molecule has 3 rings (SSSR count). The van der Waals surface area contributed by atoms with Gasteiger partial charge in [0.2, 0.25) is 0 Å². The minimum Gasteiger partial charge on any atom is -0.335 e. The lowest BCUT2D eigenvalue weighted by molar-refractivity contribution is 0.0532. The monoisotopic (exact) mass is 298 g/mol. The molecule has 0 atom stereocenters. The Bertz CT molecular complexity index is 672. The van der Waals surface area contributed by atoms with Gasteiger partial charge in [-0.15, -0.1) is 0 Å². The molecule has 1 N–H and O–H groups in total. The summed E-state index contributed by atoms with van der Waals surface area (Å²) >= 11 is 0. The van der Waals surface area contributed by atoms with Gasteiger partial charge in [0.25, 0.3) is 11.8 Å². The van der Waals surface area contributed by atoms with Crippen LogP contribution in [0.15, 0.2) is 36.4 Å². The van der Waals surface area contributed by atoms with E-state index in [-0.39, 0.29) is 11.8 Å². The molecule has 2 aromatic rings. The van der Waals surface area contributed by atoms with Crippen LogP contribution in [-0.4, -0.2) is 58.0 Å². The number of nitrogens with one attached hydrogen (secondary N) is 1. The van der Waals surface area contributed by atoms with Gasteiger partial charge in [0.05, 0.1) is 0 Å². The van der Waals surface area contributed by atoms with E-state index in [1.165, 1.54) is 0 Å². The van der Waals surface area contributed by atoms with Crippen LogP contribution in [0.1, 0.15) is 26.5 Å². The number of hydrogen-bond acceptors (Lipinski definition) is 3. The van der Waals surface area contributed by atoms with Crippen molar-refractivity contribution in [3.05, 3.63) is 53.3 Å². The molecule has 1 fully saturated rings. The molecule has 6 nitrogen and oxygen atoms in total. The Morgan fingerprint density at radius 3 is 2.14 bits per heavy atom. The second kappa shape index (κ2) is 6.01. The first-order valence-electron chi connectivity index (χ1n) is 7.31. The highest BCUT2D eigenvalue weighted by molar-refractivity contribution is 5.95. The van der Waals surface area contributed by atoms with Gasteiger partial charge >= 0.3 is 0 Å². The maximum absolute atomic E-state index is 12.4. The lowest BCUT2D eigenvalue weighted by atomic mass is 10.2. The van der Waals surface area contributed by atoms with E-state index in [1.54, 1.807) is 15.9 Å². The van der Waals surface area contributed by atoms with Crippen LogP contribution >= 0.6 is 0 Å². The van der Waals surface area contributed by atoms with Crippen LogP contribution in [0.4, 0.5) is 0 Å². The Morgan fingerprint density at radius 1 is 1.00 bits per heavy atom. The quantitative estimate of drug-likeness (QED) is 0.909. The molecule has 0 radical (unpaired) electrons. The molecule has 0 unspecified atom stereocenters. The summed E-state index contributed by atoms with van der Waals surface area (Å²) in [5, 5.41) is 6.77. The number of piperazine rings is 1. The second-order valence-corrected chi connectivity index (χ2v) is 5.39. The predicted octanol–water partition coefficient (Wildman–Crippen LogP) is 1.32. The summed E-state index contributed by atoms with van der Waals surface area (Å²) < 4.78 is 0. The van der Waals surface area contributed by atoms with Crippen LogP contribution in [0.2, 0.25) is 0 Å². The van der Waals surface area contributed by atoms with E-state index in [0.717, 1.165) is 5.69 Å². The molecule has 2 amide bonds. The van der Waals surface area contributed by atoms with Crippen LogP contribution in [0, 0.1) is 6.92 Å². The van der Waals surface area contributed by atoms with E-state index in [9.17, 15) is 9.59 Å². The first-order valence-corrected chi connectivity index (χ1v) is 7.31. The van der Waals surface area contributed by atoms with Crippen LogP contribution in [-0.2, 0) is 0 Å². The first-order chi connectivity index (χ1) is 10.6. The number of amides is 2. The Balaban J connectivity index is 1.61. The Morgan fingerprint density at radius 2 is 1.59 bits per heavy atom. The number of rotatable bonds is 2. The smallest absolute Gasteiger partial charge is 0.274 e. The number of H-pyrrole nitrogens is 1. The zero-order chi connectivity index (χ0) is 15.5. The lowest BCUT2D eigenvalue weighted by Gasteiger charge is -2.34. The van der Waals surface area contributed by atoms with Gasteiger partial charge < -0.3 is 9.80 Å². The van der Waals surface area contributed by atoms with Gasteiger partial charge in [-0.25, -0.2) is 0 Å². The van der Waals surface area contributed by atoms with Gasteiger partial charge in [-0.3, -0.25) is 14.7 Å². The van der Waals surface area contributed by atoms with E-state index in [4.69, 9.17) is 0 Å². The molecule has 1 aliphatic rings. The number of hydrogen-bond donors (Lipinski definition) is 1. The molecule has 0 spiro atoms. The molecule has 2 heterocycles. The number of aromatic nitrogens is 2. The minimum atomic E-state index is -0.0869. The Kier molecular flexibility index (Phi) is 3.91. The summed E-state index contributed by atoms with van der Waals surface area (Å²) in [4.78, 5) is 28.2. The van der Waals surface area contributed by atoms with Crippen molar-refractivity contribution in [1.82, 2.24) is 20.0 Å². The zero-order valence-corrected chi connectivity index (χ0v) is 12.5. The molecule has 1 aromatic heterocycles. The number of carbonyl (C=O) groups excluding carboxylic acids is 2. The summed E-state index contributed by atoms with van der Waals surface area (Å²) in [7, 11) is 0. The standard InChI is InChI=1S/C16H18N4O2/c1-12-11-14(18-17-12)16(22)20-9-7-19(8-10-20)15(21)13-5-3-2-4-6-13/h2-6,11H,7-10H2,1H3,(H,17,18). The molecule has 1 saturated heterocycles. The average molecular weight is 298 g/mol. The van der Waals surface area contributed by atoms with Gasteiger partial charge in [0.1, 0.15) is 5.69 Å². The van der Waals surface area contributed by atoms with E-state index >= 15 is 0 Å². The van der Waals surface area contributed by atoms with Crippen LogP contribution < -0.4 is 0 Å². The van der Waals surface area contributed by atoms with Crippen molar-refractivity contribution in [2.75, 3.05) is 26.2 Å². The molecule has 22 heavy (non-hydrogen) atoms. The summed E-state index contributed by atoms with van der Waals surface area (Å²) in [5.41, 5.74) is 1.98. The molecular formula is C16H18N4O2. The largest absolute Gasteiger partial charge is 0.335 e.